The zero-order valence-corrected chi connectivity index (χ0v) is 22.4. The number of halogens is 3. The summed E-state index contributed by atoms with van der Waals surface area (Å²) in [5.74, 6) is -1.63. The van der Waals surface area contributed by atoms with Gasteiger partial charge in [0.1, 0.15) is 28.7 Å². The highest BCUT2D eigenvalue weighted by molar-refractivity contribution is 5.70. The first-order valence-corrected chi connectivity index (χ1v) is 13.2. The standard InChI is InChI=1S/C31H35F3N2O2/c1-19-14-20(17-28(37)38-31(2,3)4)16-22(15-19)24-12-13-35-18-21(24)8-9-23-10-11-27(34)30(36-23)29-25(32)6-5-7-26(29)33/h5-7,10-13,18-20,22H,8-9,14-17H2,1-4H3/t19-,20+,22-/m1/s1. The fraction of sp³-hybridized carbons (Fsp3) is 0.452. The molecule has 202 valence electrons. The molecule has 0 N–H and O–H groups in total. The van der Waals surface area contributed by atoms with Gasteiger partial charge in [-0.3, -0.25) is 9.78 Å². The van der Waals surface area contributed by atoms with Gasteiger partial charge < -0.3 is 4.74 Å². The monoisotopic (exact) mass is 524 g/mol. The van der Waals surface area contributed by atoms with Gasteiger partial charge in [0, 0.05) is 24.5 Å². The molecule has 1 saturated carbocycles. The molecule has 1 aliphatic carbocycles. The summed E-state index contributed by atoms with van der Waals surface area (Å²) in [6.45, 7) is 7.87. The zero-order valence-electron chi connectivity index (χ0n) is 22.4. The minimum absolute atomic E-state index is 0.158. The van der Waals surface area contributed by atoms with E-state index in [0.717, 1.165) is 37.0 Å². The SMILES string of the molecule is C[C@@H]1C[C@H](CC(=O)OC(C)(C)C)C[C@H](c2ccncc2CCc2ccc(F)c(-c3c(F)cccc3F)n2)C1. The molecule has 1 aliphatic rings. The number of benzene rings is 1. The van der Waals surface area contributed by atoms with Crippen LogP contribution in [-0.2, 0) is 22.4 Å². The third-order valence-corrected chi connectivity index (χ3v) is 7.05. The molecule has 0 amide bonds. The highest BCUT2D eigenvalue weighted by atomic mass is 19.1. The second-order valence-corrected chi connectivity index (χ2v) is 11.5. The Hall–Kier alpha value is -3.22. The lowest BCUT2D eigenvalue weighted by Crippen LogP contribution is -2.28. The number of nitrogens with zero attached hydrogens (tertiary/aromatic N) is 2. The number of aryl methyl sites for hydroxylation is 2. The average molecular weight is 525 g/mol. The Kier molecular flexibility index (Phi) is 8.54. The highest BCUT2D eigenvalue weighted by Gasteiger charge is 2.31. The predicted molar refractivity (Wildman–Crippen MR) is 141 cm³/mol. The van der Waals surface area contributed by atoms with E-state index < -0.39 is 28.6 Å². The molecular formula is C31H35F3N2O2. The number of rotatable bonds is 7. The van der Waals surface area contributed by atoms with Crippen molar-refractivity contribution in [3.05, 3.63) is 83.1 Å². The molecule has 2 aromatic heterocycles. The normalized spacial score (nSPS) is 19.8. The summed E-state index contributed by atoms with van der Waals surface area (Å²) in [5.41, 5.74) is 1.52. The van der Waals surface area contributed by atoms with Crippen molar-refractivity contribution in [2.75, 3.05) is 0 Å². The topological polar surface area (TPSA) is 52.1 Å². The quantitative estimate of drug-likeness (QED) is 0.299. The van der Waals surface area contributed by atoms with Gasteiger partial charge in [0.05, 0.1) is 5.56 Å². The third-order valence-electron chi connectivity index (χ3n) is 7.05. The Balaban J connectivity index is 1.50. The van der Waals surface area contributed by atoms with E-state index in [2.05, 4.69) is 16.9 Å². The second-order valence-electron chi connectivity index (χ2n) is 11.5. The van der Waals surface area contributed by atoms with Crippen LogP contribution in [0.2, 0.25) is 0 Å². The van der Waals surface area contributed by atoms with Crippen LogP contribution in [0, 0.1) is 29.3 Å². The zero-order chi connectivity index (χ0) is 27.4. The van der Waals surface area contributed by atoms with Crippen LogP contribution in [0.25, 0.3) is 11.3 Å². The molecule has 0 saturated heterocycles. The molecular weight excluding hydrogens is 489 g/mol. The van der Waals surface area contributed by atoms with Crippen LogP contribution in [0.5, 0.6) is 0 Å². The summed E-state index contributed by atoms with van der Waals surface area (Å²) in [4.78, 5) is 21.1. The van der Waals surface area contributed by atoms with Gasteiger partial charge in [-0.2, -0.15) is 0 Å². The number of pyridine rings is 2. The average Bonchev–Trinajstić information content (AvgIpc) is 2.82. The van der Waals surface area contributed by atoms with Crippen LogP contribution in [0.15, 0.2) is 48.8 Å². The van der Waals surface area contributed by atoms with Crippen molar-refractivity contribution in [3.63, 3.8) is 0 Å². The molecule has 7 heteroatoms. The van der Waals surface area contributed by atoms with Crippen LogP contribution < -0.4 is 0 Å². The van der Waals surface area contributed by atoms with Crippen molar-refractivity contribution >= 4 is 5.97 Å². The number of hydrogen-bond donors (Lipinski definition) is 0. The summed E-state index contributed by atoms with van der Waals surface area (Å²) >= 11 is 0. The van der Waals surface area contributed by atoms with Gasteiger partial charge in [-0.1, -0.05) is 13.0 Å². The first-order valence-electron chi connectivity index (χ1n) is 13.2. The van der Waals surface area contributed by atoms with Crippen molar-refractivity contribution < 1.29 is 22.7 Å². The Morgan fingerprint density at radius 1 is 0.974 bits per heavy atom. The number of aromatic nitrogens is 2. The maximum absolute atomic E-state index is 14.5. The van der Waals surface area contributed by atoms with Gasteiger partial charge in [0.25, 0.3) is 0 Å². The van der Waals surface area contributed by atoms with Gasteiger partial charge in [-0.05, 0) is 112 Å². The van der Waals surface area contributed by atoms with Gasteiger partial charge in [0.15, 0.2) is 0 Å². The number of esters is 1. The Morgan fingerprint density at radius 3 is 2.42 bits per heavy atom. The van der Waals surface area contributed by atoms with E-state index in [4.69, 9.17) is 4.74 Å². The van der Waals surface area contributed by atoms with Gasteiger partial charge in [-0.15, -0.1) is 0 Å². The largest absolute Gasteiger partial charge is 0.460 e. The lowest BCUT2D eigenvalue weighted by atomic mass is 9.71. The maximum Gasteiger partial charge on any atom is 0.306 e. The van der Waals surface area contributed by atoms with Crippen molar-refractivity contribution in [3.8, 4) is 11.3 Å². The van der Waals surface area contributed by atoms with Gasteiger partial charge in [0.2, 0.25) is 0 Å². The van der Waals surface area contributed by atoms with Crippen molar-refractivity contribution in [1.29, 1.82) is 0 Å². The van der Waals surface area contributed by atoms with E-state index in [-0.39, 0.29) is 23.5 Å². The second kappa shape index (κ2) is 11.7. The highest BCUT2D eigenvalue weighted by Crippen LogP contribution is 2.42. The van der Waals surface area contributed by atoms with Gasteiger partial charge in [-0.25, -0.2) is 18.2 Å². The van der Waals surface area contributed by atoms with E-state index in [1.165, 1.54) is 17.7 Å². The van der Waals surface area contributed by atoms with Crippen LogP contribution in [0.3, 0.4) is 0 Å². The molecule has 4 rings (SSSR count). The van der Waals surface area contributed by atoms with Crippen molar-refractivity contribution in [2.45, 2.75) is 77.7 Å². The van der Waals surface area contributed by atoms with Crippen LogP contribution in [0.4, 0.5) is 13.2 Å². The molecule has 4 nitrogen and oxygen atoms in total. The first-order chi connectivity index (χ1) is 18.0. The van der Waals surface area contributed by atoms with E-state index in [9.17, 15) is 18.0 Å². The summed E-state index contributed by atoms with van der Waals surface area (Å²) < 4.78 is 48.7. The lowest BCUT2D eigenvalue weighted by molar-refractivity contribution is -0.156. The Bertz CT molecular complexity index is 1270. The molecule has 1 aromatic carbocycles. The van der Waals surface area contributed by atoms with E-state index >= 15 is 0 Å². The molecule has 1 fully saturated rings. The van der Waals surface area contributed by atoms with Crippen molar-refractivity contribution in [1.82, 2.24) is 9.97 Å². The lowest BCUT2D eigenvalue weighted by Gasteiger charge is -2.34. The molecule has 2 heterocycles. The molecule has 0 aliphatic heterocycles. The van der Waals surface area contributed by atoms with E-state index in [0.29, 0.717) is 30.9 Å². The van der Waals surface area contributed by atoms with Crippen LogP contribution in [0.1, 0.15) is 76.1 Å². The van der Waals surface area contributed by atoms with Crippen LogP contribution in [-0.4, -0.2) is 21.5 Å². The fourth-order valence-corrected chi connectivity index (χ4v) is 5.61. The number of carbonyl (C=O) groups excluding carboxylic acids is 1. The summed E-state index contributed by atoms with van der Waals surface area (Å²) in [5, 5.41) is 0. The molecule has 3 aromatic rings. The molecule has 0 spiro atoms. The molecule has 0 unspecified atom stereocenters. The maximum atomic E-state index is 14.5. The van der Waals surface area contributed by atoms with Gasteiger partial charge >= 0.3 is 5.97 Å². The Labute approximate surface area is 222 Å². The number of hydrogen-bond acceptors (Lipinski definition) is 4. The molecule has 0 radical (unpaired) electrons. The predicted octanol–water partition coefficient (Wildman–Crippen LogP) is 7.60. The third kappa shape index (κ3) is 7.00. The van der Waals surface area contributed by atoms with E-state index in [1.807, 2.05) is 33.0 Å². The Morgan fingerprint density at radius 2 is 1.71 bits per heavy atom. The minimum atomic E-state index is -0.851. The summed E-state index contributed by atoms with van der Waals surface area (Å²) in [6, 6.07) is 8.22. The first kappa shape index (κ1) is 27.8. The summed E-state index contributed by atoms with van der Waals surface area (Å²) in [6.07, 6.45) is 8.01. The number of carbonyl (C=O) groups is 1. The molecule has 0 bridgehead atoms. The van der Waals surface area contributed by atoms with Crippen LogP contribution >= 0.6 is 0 Å². The smallest absolute Gasteiger partial charge is 0.306 e. The van der Waals surface area contributed by atoms with E-state index in [1.54, 1.807) is 12.3 Å². The minimum Gasteiger partial charge on any atom is -0.460 e. The molecule has 3 atom stereocenters. The summed E-state index contributed by atoms with van der Waals surface area (Å²) in [7, 11) is 0. The van der Waals surface area contributed by atoms with Crippen molar-refractivity contribution in [2.24, 2.45) is 11.8 Å². The molecule has 38 heavy (non-hydrogen) atoms. The number of ether oxygens (including phenoxy) is 1. The fourth-order valence-electron chi connectivity index (χ4n) is 5.61.